The van der Waals surface area contributed by atoms with E-state index in [4.69, 9.17) is 15.2 Å². The summed E-state index contributed by atoms with van der Waals surface area (Å²) >= 11 is 0. The minimum Gasteiger partial charge on any atom is -0.484 e. The normalized spacial score (nSPS) is 20.0. The van der Waals surface area contributed by atoms with Gasteiger partial charge in [-0.2, -0.15) is 0 Å². The van der Waals surface area contributed by atoms with Crippen molar-refractivity contribution in [2.75, 3.05) is 13.2 Å². The fourth-order valence-corrected chi connectivity index (χ4v) is 3.04. The molecule has 1 saturated heterocycles. The topological polar surface area (TPSA) is 98.9 Å². The molecule has 7 heteroatoms. The Kier molecular flexibility index (Phi) is 6.38. The zero-order valence-electron chi connectivity index (χ0n) is 14.6. The Morgan fingerprint density at radius 1 is 1.08 bits per heavy atom. The van der Waals surface area contributed by atoms with E-state index in [1.165, 1.54) is 24.3 Å². The molecule has 0 radical (unpaired) electrons. The molecule has 0 unspecified atom stereocenters. The number of nitrogens with two attached hydrogens (primary N) is 1. The third kappa shape index (κ3) is 5.20. The third-order valence-electron chi connectivity index (χ3n) is 4.28. The molecule has 0 saturated carbocycles. The van der Waals surface area contributed by atoms with Gasteiger partial charge in [0.1, 0.15) is 5.75 Å². The van der Waals surface area contributed by atoms with Crippen LogP contribution in [0, 0.1) is 0 Å². The van der Waals surface area contributed by atoms with Crippen LogP contribution in [0.3, 0.4) is 0 Å². The summed E-state index contributed by atoms with van der Waals surface area (Å²) in [7, 11) is 0. The van der Waals surface area contributed by atoms with Gasteiger partial charge in [-0.05, 0) is 57.4 Å². The van der Waals surface area contributed by atoms with Crippen LogP contribution in [0.25, 0.3) is 0 Å². The van der Waals surface area contributed by atoms with Gasteiger partial charge in [-0.15, -0.1) is 0 Å². The van der Waals surface area contributed by atoms with Crippen molar-refractivity contribution in [2.45, 2.75) is 45.2 Å². The summed E-state index contributed by atoms with van der Waals surface area (Å²) in [6.07, 6.45) is 3.05. The number of nitrogens with zero attached hydrogens (tertiary/aromatic N) is 1. The highest BCUT2D eigenvalue weighted by atomic mass is 16.5. The van der Waals surface area contributed by atoms with Gasteiger partial charge in [0, 0.05) is 12.1 Å². The maximum absolute atomic E-state index is 12.3. The van der Waals surface area contributed by atoms with Gasteiger partial charge in [0.05, 0.1) is 5.56 Å². The van der Waals surface area contributed by atoms with Gasteiger partial charge in [0.2, 0.25) is 0 Å². The first-order valence-electron chi connectivity index (χ1n) is 8.38. The van der Waals surface area contributed by atoms with Gasteiger partial charge in [-0.1, -0.05) is 0 Å². The molecule has 0 spiro atoms. The maximum Gasteiger partial charge on any atom is 0.338 e. The molecule has 1 aliphatic rings. The first-order chi connectivity index (χ1) is 11.9. The molecule has 1 aromatic carbocycles. The van der Waals surface area contributed by atoms with E-state index in [9.17, 15) is 14.4 Å². The van der Waals surface area contributed by atoms with Crippen LogP contribution in [0.1, 0.15) is 43.5 Å². The lowest BCUT2D eigenvalue weighted by Crippen LogP contribution is -2.49. The number of primary amides is 1. The van der Waals surface area contributed by atoms with Crippen LogP contribution < -0.4 is 10.5 Å². The van der Waals surface area contributed by atoms with Crippen molar-refractivity contribution in [1.82, 2.24) is 4.90 Å². The number of esters is 1. The minimum atomic E-state index is -0.580. The standard InChI is InChI=1S/C18H24N2O5/c1-12-4-3-5-13(2)20(12)17(22)11-25-18(23)14-6-8-15(9-7-14)24-10-16(19)21/h6-9,12-13H,3-5,10-11H2,1-2H3,(H2,19,21)/t12-,13+. The number of piperidine rings is 1. The largest absolute Gasteiger partial charge is 0.484 e. The number of ether oxygens (including phenoxy) is 2. The molecule has 2 amide bonds. The van der Waals surface area contributed by atoms with E-state index in [2.05, 4.69) is 0 Å². The average Bonchev–Trinajstić information content (AvgIpc) is 2.58. The molecular weight excluding hydrogens is 324 g/mol. The molecule has 1 fully saturated rings. The number of hydrogen-bond donors (Lipinski definition) is 1. The smallest absolute Gasteiger partial charge is 0.338 e. The number of hydrogen-bond acceptors (Lipinski definition) is 5. The zero-order chi connectivity index (χ0) is 18.4. The monoisotopic (exact) mass is 348 g/mol. The molecule has 2 N–H and O–H groups in total. The first kappa shape index (κ1) is 18.8. The number of amides is 2. The Bertz CT molecular complexity index is 619. The summed E-state index contributed by atoms with van der Waals surface area (Å²) in [5.41, 5.74) is 5.30. The highest BCUT2D eigenvalue weighted by molar-refractivity contribution is 5.91. The highest BCUT2D eigenvalue weighted by Gasteiger charge is 2.29. The second kappa shape index (κ2) is 8.50. The summed E-state index contributed by atoms with van der Waals surface area (Å²) in [6, 6.07) is 6.42. The Morgan fingerprint density at radius 3 is 2.24 bits per heavy atom. The average molecular weight is 348 g/mol. The van der Waals surface area contributed by atoms with Crippen LogP contribution >= 0.6 is 0 Å². The Morgan fingerprint density at radius 2 is 1.68 bits per heavy atom. The van der Waals surface area contributed by atoms with E-state index in [1.54, 1.807) is 4.90 Å². The summed E-state index contributed by atoms with van der Waals surface area (Å²) < 4.78 is 10.2. The second-order valence-electron chi connectivity index (χ2n) is 6.29. The predicted molar refractivity (Wildman–Crippen MR) is 91.0 cm³/mol. The van der Waals surface area contributed by atoms with Gasteiger partial charge in [-0.3, -0.25) is 9.59 Å². The summed E-state index contributed by atoms with van der Waals surface area (Å²) in [5, 5.41) is 0. The van der Waals surface area contributed by atoms with Gasteiger partial charge in [0.25, 0.3) is 11.8 Å². The van der Waals surface area contributed by atoms with E-state index in [0.29, 0.717) is 11.3 Å². The SMILES string of the molecule is C[C@@H]1CCC[C@H](C)N1C(=O)COC(=O)c1ccc(OCC(N)=O)cc1. The second-order valence-corrected chi connectivity index (χ2v) is 6.29. The fraction of sp³-hybridized carbons (Fsp3) is 0.500. The van der Waals surface area contributed by atoms with Crippen molar-refractivity contribution in [3.63, 3.8) is 0 Å². The van der Waals surface area contributed by atoms with Crippen LogP contribution in [-0.4, -0.2) is 48.0 Å². The molecule has 136 valence electrons. The molecular formula is C18H24N2O5. The molecule has 0 aromatic heterocycles. The zero-order valence-corrected chi connectivity index (χ0v) is 14.6. The summed E-state index contributed by atoms with van der Waals surface area (Å²) in [5.74, 6) is -0.910. The number of benzene rings is 1. The highest BCUT2D eigenvalue weighted by Crippen LogP contribution is 2.22. The lowest BCUT2D eigenvalue weighted by molar-refractivity contribution is -0.140. The molecule has 2 rings (SSSR count). The third-order valence-corrected chi connectivity index (χ3v) is 4.28. The lowest BCUT2D eigenvalue weighted by atomic mass is 9.97. The maximum atomic E-state index is 12.3. The Labute approximate surface area is 147 Å². The van der Waals surface area contributed by atoms with Crippen LogP contribution in [0.5, 0.6) is 5.75 Å². The molecule has 7 nitrogen and oxygen atoms in total. The van der Waals surface area contributed by atoms with Gasteiger partial charge < -0.3 is 20.1 Å². The molecule has 1 heterocycles. The predicted octanol–water partition coefficient (Wildman–Crippen LogP) is 1.50. The Balaban J connectivity index is 1.87. The number of carbonyl (C=O) groups is 3. The van der Waals surface area contributed by atoms with Crippen LogP contribution in [0.15, 0.2) is 24.3 Å². The summed E-state index contributed by atoms with van der Waals surface area (Å²) in [6.45, 7) is 3.53. The van der Waals surface area contributed by atoms with Gasteiger partial charge in [-0.25, -0.2) is 4.79 Å². The molecule has 1 aliphatic heterocycles. The molecule has 0 bridgehead atoms. The minimum absolute atomic E-state index is 0.164. The summed E-state index contributed by atoms with van der Waals surface area (Å²) in [4.78, 5) is 36.9. The Hall–Kier alpha value is -2.57. The molecule has 0 aliphatic carbocycles. The van der Waals surface area contributed by atoms with Crippen LogP contribution in [0.2, 0.25) is 0 Å². The van der Waals surface area contributed by atoms with E-state index in [-0.39, 0.29) is 31.2 Å². The first-order valence-corrected chi connectivity index (χ1v) is 8.38. The van der Waals surface area contributed by atoms with Crippen molar-refractivity contribution in [3.05, 3.63) is 29.8 Å². The van der Waals surface area contributed by atoms with Crippen molar-refractivity contribution in [2.24, 2.45) is 5.73 Å². The van der Waals surface area contributed by atoms with Crippen molar-refractivity contribution >= 4 is 17.8 Å². The molecule has 2 atom stereocenters. The fourth-order valence-electron chi connectivity index (χ4n) is 3.04. The van der Waals surface area contributed by atoms with E-state index in [0.717, 1.165) is 19.3 Å². The number of carbonyl (C=O) groups excluding carboxylic acids is 3. The van der Waals surface area contributed by atoms with E-state index >= 15 is 0 Å². The van der Waals surface area contributed by atoms with E-state index < -0.39 is 11.9 Å². The molecule has 1 aromatic rings. The molecule has 25 heavy (non-hydrogen) atoms. The van der Waals surface area contributed by atoms with Gasteiger partial charge >= 0.3 is 5.97 Å². The van der Waals surface area contributed by atoms with Crippen LogP contribution in [-0.2, 0) is 14.3 Å². The van der Waals surface area contributed by atoms with Gasteiger partial charge in [0.15, 0.2) is 13.2 Å². The van der Waals surface area contributed by atoms with E-state index in [1.807, 2.05) is 13.8 Å². The number of likely N-dealkylation sites (tertiary alicyclic amines) is 1. The van der Waals surface area contributed by atoms with Crippen molar-refractivity contribution < 1.29 is 23.9 Å². The lowest BCUT2D eigenvalue weighted by Gasteiger charge is -2.38. The number of rotatable bonds is 6. The quantitative estimate of drug-likeness (QED) is 0.786. The van der Waals surface area contributed by atoms with Crippen molar-refractivity contribution in [3.8, 4) is 5.75 Å². The van der Waals surface area contributed by atoms with Crippen molar-refractivity contribution in [1.29, 1.82) is 0 Å². The van der Waals surface area contributed by atoms with Crippen LogP contribution in [0.4, 0.5) is 0 Å².